The van der Waals surface area contributed by atoms with E-state index in [0.717, 1.165) is 12.1 Å². The molecule has 29 heavy (non-hydrogen) atoms. The number of carbonyl (C=O) groups excluding carboxylic acids is 1. The van der Waals surface area contributed by atoms with Crippen LogP contribution in [0.1, 0.15) is 22.5 Å². The minimum atomic E-state index is -0.127. The van der Waals surface area contributed by atoms with Gasteiger partial charge in [-0.05, 0) is 37.3 Å². The van der Waals surface area contributed by atoms with Crippen molar-refractivity contribution in [1.29, 1.82) is 0 Å². The first-order valence-electron chi connectivity index (χ1n) is 9.30. The lowest BCUT2D eigenvalue weighted by atomic mass is 10.2. The molecule has 0 N–H and O–H groups in total. The summed E-state index contributed by atoms with van der Waals surface area (Å²) in [5.74, 6) is 1.14. The molecule has 3 aromatic rings. The zero-order chi connectivity index (χ0) is 20.4. The summed E-state index contributed by atoms with van der Waals surface area (Å²) in [5, 5.41) is 2.41. The van der Waals surface area contributed by atoms with Gasteiger partial charge in [-0.1, -0.05) is 11.3 Å². The van der Waals surface area contributed by atoms with E-state index in [1.807, 2.05) is 18.4 Å². The maximum Gasteiger partial charge on any atom is 0.278 e. The predicted octanol–water partition coefficient (Wildman–Crippen LogP) is 3.24. The normalized spacial score (nSPS) is 16.1. The Bertz CT molecular complexity index is 1060. The monoisotopic (exact) mass is 411 g/mol. The van der Waals surface area contributed by atoms with Crippen molar-refractivity contribution >= 4 is 17.2 Å². The van der Waals surface area contributed by atoms with Crippen LogP contribution in [0.3, 0.4) is 0 Å². The number of hydrogen-bond donors (Lipinski definition) is 0. The molecule has 1 amide bonds. The van der Waals surface area contributed by atoms with Crippen LogP contribution in [0.4, 0.5) is 0 Å². The third-order valence-electron chi connectivity index (χ3n) is 4.93. The van der Waals surface area contributed by atoms with Crippen LogP contribution in [0.15, 0.2) is 52.8 Å². The first kappa shape index (κ1) is 19.2. The van der Waals surface area contributed by atoms with Crippen molar-refractivity contribution in [3.8, 4) is 16.7 Å². The zero-order valence-corrected chi connectivity index (χ0v) is 17.0. The highest BCUT2D eigenvalue weighted by atomic mass is 32.1. The van der Waals surface area contributed by atoms with E-state index < -0.39 is 0 Å². The number of aromatic nitrogens is 2. The van der Waals surface area contributed by atoms with Gasteiger partial charge in [0.05, 0.1) is 6.54 Å². The molecule has 0 radical (unpaired) electrons. The van der Waals surface area contributed by atoms with Crippen molar-refractivity contribution in [2.75, 3.05) is 13.1 Å². The number of thiazole rings is 1. The lowest BCUT2D eigenvalue weighted by molar-refractivity contribution is 0.0772. The van der Waals surface area contributed by atoms with Gasteiger partial charge in [0.1, 0.15) is 17.6 Å². The Morgan fingerprint density at radius 3 is 2.69 bits per heavy atom. The number of likely N-dealkylation sites (tertiary alicyclic amines) is 1. The summed E-state index contributed by atoms with van der Waals surface area (Å²) in [5.41, 5.74) is 1.33. The Labute approximate surface area is 172 Å². The number of carbonyl (C=O) groups is 1. The molecule has 1 aliphatic rings. The first-order valence-corrected chi connectivity index (χ1v) is 10.2. The van der Waals surface area contributed by atoms with E-state index in [0.29, 0.717) is 35.3 Å². The molecular formula is C21H21N3O4S. The maximum atomic E-state index is 12.8. The Kier molecular flexibility index (Phi) is 5.35. The van der Waals surface area contributed by atoms with Crippen LogP contribution in [0.2, 0.25) is 0 Å². The summed E-state index contributed by atoms with van der Waals surface area (Å²) in [4.78, 5) is 30.6. The van der Waals surface area contributed by atoms with Crippen molar-refractivity contribution < 1.29 is 14.3 Å². The van der Waals surface area contributed by atoms with Crippen molar-refractivity contribution in [2.45, 2.75) is 19.4 Å². The highest BCUT2D eigenvalue weighted by molar-refractivity contribution is 7.11. The van der Waals surface area contributed by atoms with Crippen LogP contribution in [-0.4, -0.2) is 39.6 Å². The minimum absolute atomic E-state index is 0.0444. The Morgan fingerprint density at radius 1 is 1.21 bits per heavy atom. The van der Waals surface area contributed by atoms with Crippen molar-refractivity contribution in [3.63, 3.8) is 0 Å². The first-order chi connectivity index (χ1) is 14.0. The average molecular weight is 411 g/mol. The summed E-state index contributed by atoms with van der Waals surface area (Å²) >= 11 is 1.41. The maximum absolute atomic E-state index is 12.8. The summed E-state index contributed by atoms with van der Waals surface area (Å²) < 4.78 is 13.1. The second-order valence-corrected chi connectivity index (χ2v) is 7.79. The van der Waals surface area contributed by atoms with Gasteiger partial charge in [-0.2, -0.15) is 0 Å². The fraction of sp³-hybridized carbons (Fsp3) is 0.286. The van der Waals surface area contributed by atoms with Gasteiger partial charge < -0.3 is 18.9 Å². The number of aryl methyl sites for hydroxylation is 1. The van der Waals surface area contributed by atoms with Crippen LogP contribution >= 0.6 is 11.3 Å². The number of ether oxygens (including phenoxy) is 2. The molecule has 1 fully saturated rings. The largest absolute Gasteiger partial charge is 0.488 e. The van der Waals surface area contributed by atoms with E-state index in [1.165, 1.54) is 17.4 Å². The van der Waals surface area contributed by atoms with E-state index in [4.69, 9.17) is 9.47 Å². The van der Waals surface area contributed by atoms with E-state index >= 15 is 0 Å². The molecule has 0 bridgehead atoms. The molecule has 0 aliphatic carbocycles. The lowest BCUT2D eigenvalue weighted by Gasteiger charge is -2.18. The van der Waals surface area contributed by atoms with Gasteiger partial charge in [-0.3, -0.25) is 9.59 Å². The molecule has 2 aromatic heterocycles. The summed E-state index contributed by atoms with van der Waals surface area (Å²) in [7, 11) is 1.73. The number of hydrogen-bond acceptors (Lipinski definition) is 6. The van der Waals surface area contributed by atoms with Gasteiger partial charge in [-0.25, -0.2) is 4.98 Å². The quantitative estimate of drug-likeness (QED) is 0.644. The van der Waals surface area contributed by atoms with E-state index in [2.05, 4.69) is 4.98 Å². The molecular weight excluding hydrogens is 390 g/mol. The molecule has 1 aliphatic heterocycles. The number of amides is 1. The molecule has 150 valence electrons. The van der Waals surface area contributed by atoms with Crippen LogP contribution in [0, 0.1) is 6.92 Å². The second kappa shape index (κ2) is 8.08. The molecule has 4 rings (SSSR count). The van der Waals surface area contributed by atoms with Crippen LogP contribution in [-0.2, 0) is 7.05 Å². The van der Waals surface area contributed by atoms with Gasteiger partial charge in [0.15, 0.2) is 0 Å². The summed E-state index contributed by atoms with van der Waals surface area (Å²) in [6.07, 6.45) is 2.28. The van der Waals surface area contributed by atoms with E-state index in [1.54, 1.807) is 47.0 Å². The number of pyridine rings is 1. The van der Waals surface area contributed by atoms with E-state index in [-0.39, 0.29) is 17.6 Å². The van der Waals surface area contributed by atoms with Crippen molar-refractivity contribution in [1.82, 2.24) is 14.5 Å². The van der Waals surface area contributed by atoms with Gasteiger partial charge in [-0.15, -0.1) is 0 Å². The topological polar surface area (TPSA) is 73.7 Å². The predicted molar refractivity (Wildman–Crippen MR) is 110 cm³/mol. The third kappa shape index (κ3) is 4.32. The third-order valence-corrected chi connectivity index (χ3v) is 5.58. The molecule has 0 saturated carbocycles. The molecule has 1 atom stereocenters. The molecule has 1 aromatic carbocycles. The molecule has 0 spiro atoms. The Morgan fingerprint density at radius 2 is 2.00 bits per heavy atom. The van der Waals surface area contributed by atoms with Crippen LogP contribution in [0.5, 0.6) is 16.7 Å². The van der Waals surface area contributed by atoms with Crippen LogP contribution in [0.25, 0.3) is 0 Å². The van der Waals surface area contributed by atoms with Crippen LogP contribution < -0.4 is 15.0 Å². The smallest absolute Gasteiger partial charge is 0.278 e. The average Bonchev–Trinajstić information content (AvgIpc) is 3.38. The molecule has 1 saturated heterocycles. The van der Waals surface area contributed by atoms with Gasteiger partial charge >= 0.3 is 0 Å². The number of nitrogens with zero attached hydrogens (tertiary/aromatic N) is 3. The number of rotatable bonds is 5. The SMILES string of the molecule is Cc1cc(OC2CCN(C(=O)c3ccc(Oc4nccs4)cc3)C2)cc(=O)n1C. The van der Waals surface area contributed by atoms with Crippen molar-refractivity contribution in [3.05, 3.63) is 69.6 Å². The Balaban J connectivity index is 1.37. The molecule has 8 heteroatoms. The number of benzene rings is 1. The summed E-state index contributed by atoms with van der Waals surface area (Å²) in [6.45, 7) is 2.97. The fourth-order valence-electron chi connectivity index (χ4n) is 3.22. The molecule has 1 unspecified atom stereocenters. The zero-order valence-electron chi connectivity index (χ0n) is 16.2. The van der Waals surface area contributed by atoms with Gasteiger partial charge in [0, 0.05) is 48.9 Å². The lowest BCUT2D eigenvalue weighted by Crippen LogP contribution is -2.31. The van der Waals surface area contributed by atoms with Crippen molar-refractivity contribution in [2.24, 2.45) is 7.05 Å². The standard InChI is InChI=1S/C21H21N3O4S/c1-14-11-18(12-19(25)23(14)2)27-17-7-9-24(13-17)20(26)15-3-5-16(6-4-15)28-21-22-8-10-29-21/h3-6,8,10-12,17H,7,9,13H2,1-2H3. The highest BCUT2D eigenvalue weighted by Gasteiger charge is 2.28. The summed E-state index contributed by atoms with van der Waals surface area (Å²) in [6, 6.07) is 10.4. The minimum Gasteiger partial charge on any atom is -0.488 e. The molecule has 3 heterocycles. The van der Waals surface area contributed by atoms with Gasteiger partial charge in [0.25, 0.3) is 16.7 Å². The van der Waals surface area contributed by atoms with Gasteiger partial charge in [0.2, 0.25) is 0 Å². The molecule has 7 nitrogen and oxygen atoms in total. The second-order valence-electron chi connectivity index (χ2n) is 6.93. The van der Waals surface area contributed by atoms with E-state index in [9.17, 15) is 9.59 Å². The Hall–Kier alpha value is -3.13. The highest BCUT2D eigenvalue weighted by Crippen LogP contribution is 2.25. The fourth-order valence-corrected chi connectivity index (χ4v) is 3.72.